The van der Waals surface area contributed by atoms with Gasteiger partial charge in [0, 0.05) is 6.04 Å². The Bertz CT molecular complexity index is 489. The molecular weight excluding hydrogens is 293 g/mol. The van der Waals surface area contributed by atoms with Crippen molar-refractivity contribution < 1.29 is 4.79 Å². The lowest BCUT2D eigenvalue weighted by Crippen LogP contribution is -2.44. The maximum Gasteiger partial charge on any atom is 0.224 e. The summed E-state index contributed by atoms with van der Waals surface area (Å²) in [5.74, 6) is 1.29. The van der Waals surface area contributed by atoms with Gasteiger partial charge < -0.3 is 5.32 Å². The molecule has 1 N–H and O–H groups in total. The maximum atomic E-state index is 12.1. The molecular formula is C16H21Cl2NO. The van der Waals surface area contributed by atoms with Crippen molar-refractivity contribution in [1.29, 1.82) is 0 Å². The predicted molar refractivity (Wildman–Crippen MR) is 84.3 cm³/mol. The molecule has 2 rings (SSSR count). The highest BCUT2D eigenvalue weighted by atomic mass is 35.5. The lowest BCUT2D eigenvalue weighted by atomic mass is 9.78. The van der Waals surface area contributed by atoms with Crippen molar-refractivity contribution in [3.8, 4) is 0 Å². The van der Waals surface area contributed by atoms with E-state index in [0.717, 1.165) is 12.0 Å². The average Bonchev–Trinajstić information content (AvgIpc) is 2.39. The van der Waals surface area contributed by atoms with Crippen LogP contribution < -0.4 is 5.32 Å². The Morgan fingerprint density at radius 2 is 2.00 bits per heavy atom. The summed E-state index contributed by atoms with van der Waals surface area (Å²) in [4.78, 5) is 12.1. The van der Waals surface area contributed by atoms with Gasteiger partial charge in [0.25, 0.3) is 0 Å². The van der Waals surface area contributed by atoms with E-state index < -0.39 is 0 Å². The van der Waals surface area contributed by atoms with E-state index in [1.807, 2.05) is 6.07 Å². The standard InChI is InChI=1S/C16H21Cl2NO/c1-10-4-3-5-15(11(10)2)19-16(20)9-12-6-7-13(17)14(18)8-12/h6-8,10-11,15H,3-5,9H2,1-2H3,(H,19,20)/t10-,11-,15+/m1/s1. The molecule has 2 nitrogen and oxygen atoms in total. The number of halogens is 2. The minimum absolute atomic E-state index is 0.0642. The van der Waals surface area contributed by atoms with Crippen LogP contribution in [0, 0.1) is 11.8 Å². The van der Waals surface area contributed by atoms with Crippen molar-refractivity contribution in [2.75, 3.05) is 0 Å². The summed E-state index contributed by atoms with van der Waals surface area (Å²) in [6.45, 7) is 4.50. The summed E-state index contributed by atoms with van der Waals surface area (Å²) in [6.07, 6.45) is 3.90. The lowest BCUT2D eigenvalue weighted by Gasteiger charge is -2.34. The fourth-order valence-electron chi connectivity index (χ4n) is 2.88. The Morgan fingerprint density at radius 3 is 2.70 bits per heavy atom. The Balaban J connectivity index is 1.93. The third-order valence-electron chi connectivity index (χ3n) is 4.40. The van der Waals surface area contributed by atoms with Gasteiger partial charge in [-0.3, -0.25) is 4.79 Å². The topological polar surface area (TPSA) is 29.1 Å². The summed E-state index contributed by atoms with van der Waals surface area (Å²) >= 11 is 11.8. The molecule has 1 saturated carbocycles. The predicted octanol–water partition coefficient (Wildman–Crippen LogP) is 4.48. The zero-order valence-electron chi connectivity index (χ0n) is 12.0. The molecule has 0 aliphatic heterocycles. The molecule has 0 spiro atoms. The molecule has 0 heterocycles. The van der Waals surface area contributed by atoms with Gasteiger partial charge in [0.1, 0.15) is 0 Å². The first kappa shape index (κ1) is 15.7. The van der Waals surface area contributed by atoms with E-state index in [2.05, 4.69) is 19.2 Å². The second-order valence-corrected chi connectivity index (χ2v) is 6.68. The molecule has 1 aliphatic rings. The molecule has 0 saturated heterocycles. The van der Waals surface area contributed by atoms with Gasteiger partial charge in [0.2, 0.25) is 5.91 Å². The smallest absolute Gasteiger partial charge is 0.224 e. The summed E-state index contributed by atoms with van der Waals surface area (Å²) in [5.41, 5.74) is 0.897. The molecule has 1 aromatic carbocycles. The average molecular weight is 314 g/mol. The van der Waals surface area contributed by atoms with Crippen molar-refractivity contribution in [3.05, 3.63) is 33.8 Å². The van der Waals surface area contributed by atoms with Crippen LogP contribution in [-0.4, -0.2) is 11.9 Å². The fraction of sp³-hybridized carbons (Fsp3) is 0.562. The Morgan fingerprint density at radius 1 is 1.25 bits per heavy atom. The van der Waals surface area contributed by atoms with Crippen LogP contribution in [0.3, 0.4) is 0 Å². The first-order valence-corrected chi connectivity index (χ1v) is 7.96. The summed E-state index contributed by atoms with van der Waals surface area (Å²) in [5, 5.41) is 4.18. The Labute approximate surface area is 130 Å². The van der Waals surface area contributed by atoms with Crippen LogP contribution in [0.15, 0.2) is 18.2 Å². The van der Waals surface area contributed by atoms with Crippen molar-refractivity contribution in [3.63, 3.8) is 0 Å². The number of rotatable bonds is 3. The number of hydrogen-bond donors (Lipinski definition) is 1. The van der Waals surface area contributed by atoms with Crippen molar-refractivity contribution in [1.82, 2.24) is 5.32 Å². The monoisotopic (exact) mass is 313 g/mol. The van der Waals surface area contributed by atoms with Crippen molar-refractivity contribution in [2.45, 2.75) is 45.6 Å². The number of benzene rings is 1. The van der Waals surface area contributed by atoms with Gasteiger partial charge in [-0.25, -0.2) is 0 Å². The molecule has 1 fully saturated rings. The second kappa shape index (κ2) is 6.82. The SMILES string of the molecule is C[C@@H]1[C@H](C)CCC[C@@H]1NC(=O)Cc1ccc(Cl)c(Cl)c1. The number of carbonyl (C=O) groups is 1. The molecule has 0 bridgehead atoms. The quantitative estimate of drug-likeness (QED) is 0.876. The van der Waals surface area contributed by atoms with Crippen LogP contribution in [0.5, 0.6) is 0 Å². The highest BCUT2D eigenvalue weighted by Gasteiger charge is 2.27. The van der Waals surface area contributed by atoms with Crippen molar-refractivity contribution in [2.24, 2.45) is 11.8 Å². The van der Waals surface area contributed by atoms with Crippen LogP contribution in [0.4, 0.5) is 0 Å². The van der Waals surface area contributed by atoms with Crippen molar-refractivity contribution >= 4 is 29.1 Å². The van der Waals surface area contributed by atoms with E-state index >= 15 is 0 Å². The van der Waals surface area contributed by atoms with E-state index in [0.29, 0.717) is 34.3 Å². The molecule has 3 atom stereocenters. The summed E-state index contributed by atoms with van der Waals surface area (Å²) in [7, 11) is 0. The Kier molecular flexibility index (Phi) is 5.34. The van der Waals surface area contributed by atoms with Crippen LogP contribution in [0.1, 0.15) is 38.7 Å². The third-order valence-corrected chi connectivity index (χ3v) is 5.14. The first-order valence-electron chi connectivity index (χ1n) is 7.20. The third kappa shape index (κ3) is 3.89. The van der Waals surface area contributed by atoms with Crippen LogP contribution in [0.25, 0.3) is 0 Å². The van der Waals surface area contributed by atoms with Gasteiger partial charge in [-0.05, 0) is 36.0 Å². The molecule has 110 valence electrons. The van der Waals surface area contributed by atoms with Gasteiger partial charge >= 0.3 is 0 Å². The normalized spacial score (nSPS) is 26.3. The highest BCUT2D eigenvalue weighted by molar-refractivity contribution is 6.42. The molecule has 1 aliphatic carbocycles. The minimum atomic E-state index is 0.0642. The lowest BCUT2D eigenvalue weighted by molar-refractivity contribution is -0.121. The highest BCUT2D eigenvalue weighted by Crippen LogP contribution is 2.29. The number of amides is 1. The van der Waals surface area contributed by atoms with Gasteiger partial charge in [-0.2, -0.15) is 0 Å². The van der Waals surface area contributed by atoms with Crippen LogP contribution >= 0.6 is 23.2 Å². The number of carbonyl (C=O) groups excluding carboxylic acids is 1. The molecule has 0 aromatic heterocycles. The van der Waals surface area contributed by atoms with E-state index in [-0.39, 0.29) is 5.91 Å². The van der Waals surface area contributed by atoms with E-state index in [1.54, 1.807) is 12.1 Å². The molecule has 1 amide bonds. The summed E-state index contributed by atoms with van der Waals surface area (Å²) in [6, 6.07) is 5.64. The molecule has 0 radical (unpaired) electrons. The number of hydrogen-bond acceptors (Lipinski definition) is 1. The number of nitrogens with one attached hydrogen (secondary N) is 1. The van der Waals surface area contributed by atoms with E-state index in [4.69, 9.17) is 23.2 Å². The van der Waals surface area contributed by atoms with E-state index in [1.165, 1.54) is 12.8 Å². The van der Waals surface area contributed by atoms with Gasteiger partial charge in [-0.1, -0.05) is 56.0 Å². The van der Waals surface area contributed by atoms with Crippen LogP contribution in [-0.2, 0) is 11.2 Å². The minimum Gasteiger partial charge on any atom is -0.353 e. The van der Waals surface area contributed by atoms with Gasteiger partial charge in [-0.15, -0.1) is 0 Å². The maximum absolute atomic E-state index is 12.1. The van der Waals surface area contributed by atoms with E-state index in [9.17, 15) is 4.79 Å². The largest absolute Gasteiger partial charge is 0.353 e. The zero-order valence-corrected chi connectivity index (χ0v) is 13.5. The van der Waals surface area contributed by atoms with Gasteiger partial charge in [0.05, 0.1) is 16.5 Å². The molecule has 20 heavy (non-hydrogen) atoms. The second-order valence-electron chi connectivity index (χ2n) is 5.87. The molecule has 0 unspecified atom stereocenters. The summed E-state index contributed by atoms with van der Waals surface area (Å²) < 4.78 is 0. The molecule has 4 heteroatoms. The molecule has 1 aromatic rings. The zero-order chi connectivity index (χ0) is 14.7. The first-order chi connectivity index (χ1) is 9.47. The van der Waals surface area contributed by atoms with Crippen LogP contribution in [0.2, 0.25) is 10.0 Å². The van der Waals surface area contributed by atoms with Gasteiger partial charge in [0.15, 0.2) is 0 Å². The fourth-order valence-corrected chi connectivity index (χ4v) is 3.20. The Hall–Kier alpha value is -0.730.